The van der Waals surface area contributed by atoms with Gasteiger partial charge in [-0.25, -0.2) is 0 Å². The number of aliphatic carboxylic acids is 1. The van der Waals surface area contributed by atoms with Gasteiger partial charge in [-0.1, -0.05) is 31.8 Å². The van der Waals surface area contributed by atoms with E-state index in [4.69, 9.17) is 9.63 Å². The van der Waals surface area contributed by atoms with E-state index in [0.29, 0.717) is 11.6 Å². The molecule has 1 fully saturated rings. The van der Waals surface area contributed by atoms with Crippen molar-refractivity contribution >= 4 is 17.7 Å². The number of anilines is 1. The van der Waals surface area contributed by atoms with Crippen molar-refractivity contribution in [3.05, 3.63) is 11.8 Å². The molecule has 1 aliphatic rings. The normalized spacial score (nSPS) is 17.2. The third kappa shape index (κ3) is 6.32. The summed E-state index contributed by atoms with van der Waals surface area (Å²) in [6.07, 6.45) is 4.57. The van der Waals surface area contributed by atoms with Gasteiger partial charge in [-0.3, -0.25) is 19.4 Å². The van der Waals surface area contributed by atoms with Crippen LogP contribution >= 0.6 is 0 Å². The number of carboxylic acid groups (broad SMARTS) is 1. The molecule has 152 valence electrons. The number of carboxylic acids is 1. The first-order chi connectivity index (χ1) is 12.9. The maximum atomic E-state index is 12.8. The Kier molecular flexibility index (Phi) is 8.24. The average molecular weight is 380 g/mol. The number of unbranched alkanes of at least 4 members (excludes halogenated alkanes) is 1. The number of carbonyl (C=O) groups excluding carboxylic acids is 1. The van der Waals surface area contributed by atoms with Crippen LogP contribution in [0.15, 0.2) is 10.6 Å². The lowest BCUT2D eigenvalue weighted by Gasteiger charge is -2.40. The van der Waals surface area contributed by atoms with E-state index in [1.54, 1.807) is 13.0 Å². The maximum Gasteiger partial charge on any atom is 0.317 e. The number of hydrogen-bond donors (Lipinski definition) is 2. The molecule has 8 nitrogen and oxygen atoms in total. The van der Waals surface area contributed by atoms with Gasteiger partial charge >= 0.3 is 5.97 Å². The second-order valence-electron chi connectivity index (χ2n) is 7.19. The summed E-state index contributed by atoms with van der Waals surface area (Å²) in [5, 5.41) is 15.8. The minimum atomic E-state index is -0.789. The fourth-order valence-electron chi connectivity index (χ4n) is 3.75. The molecule has 1 aromatic heterocycles. The summed E-state index contributed by atoms with van der Waals surface area (Å²) >= 11 is 0. The van der Waals surface area contributed by atoms with E-state index in [9.17, 15) is 9.59 Å². The van der Waals surface area contributed by atoms with Gasteiger partial charge in [-0.05, 0) is 32.7 Å². The molecular weight excluding hydrogens is 348 g/mol. The van der Waals surface area contributed by atoms with Gasteiger partial charge in [-0.2, -0.15) is 0 Å². The highest BCUT2D eigenvalue weighted by Crippen LogP contribution is 2.21. The third-order valence-corrected chi connectivity index (χ3v) is 5.21. The number of aromatic nitrogens is 1. The number of aryl methyl sites for hydroxylation is 1. The number of rotatable bonds is 10. The van der Waals surface area contributed by atoms with Crippen LogP contribution in [-0.2, 0) is 9.59 Å². The Bertz CT molecular complexity index is 611. The van der Waals surface area contributed by atoms with E-state index in [0.717, 1.165) is 51.7 Å². The smallest absolute Gasteiger partial charge is 0.317 e. The molecule has 2 rings (SSSR count). The average Bonchev–Trinajstić information content (AvgIpc) is 3.05. The minimum absolute atomic E-state index is 0.0481. The molecular formula is C19H32N4O4. The van der Waals surface area contributed by atoms with Gasteiger partial charge in [0.15, 0.2) is 5.82 Å². The molecule has 0 saturated carbocycles. The van der Waals surface area contributed by atoms with Gasteiger partial charge in [0.05, 0.1) is 12.6 Å². The fourth-order valence-corrected chi connectivity index (χ4v) is 3.75. The molecule has 8 heteroatoms. The molecule has 1 unspecified atom stereocenters. The predicted molar refractivity (Wildman–Crippen MR) is 103 cm³/mol. The lowest BCUT2D eigenvalue weighted by atomic mass is 9.99. The van der Waals surface area contributed by atoms with Crippen LogP contribution in [0.3, 0.4) is 0 Å². The Morgan fingerprint density at radius 1 is 1.41 bits per heavy atom. The van der Waals surface area contributed by atoms with Crippen molar-refractivity contribution in [2.75, 3.05) is 31.5 Å². The van der Waals surface area contributed by atoms with E-state index >= 15 is 0 Å². The molecule has 2 N–H and O–H groups in total. The van der Waals surface area contributed by atoms with Gasteiger partial charge in [0.25, 0.3) is 0 Å². The van der Waals surface area contributed by atoms with Crippen LogP contribution in [0.4, 0.5) is 5.82 Å². The highest BCUT2D eigenvalue weighted by atomic mass is 16.5. The number of hydrogen-bond acceptors (Lipinski definition) is 6. The Balaban J connectivity index is 1.96. The van der Waals surface area contributed by atoms with Crippen molar-refractivity contribution < 1.29 is 19.2 Å². The van der Waals surface area contributed by atoms with E-state index in [1.165, 1.54) is 0 Å². The standard InChI is InChI=1S/C19H32N4O4/c1-4-6-7-16(19(26)20-17-12-14(3)27-21-17)23-10-8-15(9-11-23)22(5-2)13-18(24)25/h12,15-16H,4-11,13H2,1-3H3,(H,24,25)(H,20,21,26). The van der Waals surface area contributed by atoms with E-state index in [2.05, 4.69) is 22.3 Å². The summed E-state index contributed by atoms with van der Waals surface area (Å²) < 4.78 is 5.02. The molecule has 0 aliphatic carbocycles. The zero-order valence-electron chi connectivity index (χ0n) is 16.6. The van der Waals surface area contributed by atoms with Gasteiger partial charge in [0, 0.05) is 25.2 Å². The van der Waals surface area contributed by atoms with Crippen molar-refractivity contribution in [3.8, 4) is 0 Å². The molecule has 2 heterocycles. The molecule has 0 spiro atoms. The van der Waals surface area contributed by atoms with Crippen LogP contribution in [0, 0.1) is 6.92 Å². The summed E-state index contributed by atoms with van der Waals surface area (Å²) in [6, 6.07) is 1.78. The number of amides is 1. The number of nitrogens with one attached hydrogen (secondary N) is 1. The minimum Gasteiger partial charge on any atom is -0.480 e. The van der Waals surface area contributed by atoms with Crippen LogP contribution in [0.25, 0.3) is 0 Å². The fraction of sp³-hybridized carbons (Fsp3) is 0.737. The SMILES string of the molecule is CCCCC(C(=O)Nc1cc(C)on1)N1CCC(N(CC)CC(=O)O)CC1. The maximum absolute atomic E-state index is 12.8. The van der Waals surface area contributed by atoms with Crippen LogP contribution in [0.2, 0.25) is 0 Å². The van der Waals surface area contributed by atoms with Crippen LogP contribution in [0.1, 0.15) is 51.7 Å². The van der Waals surface area contributed by atoms with Crippen LogP contribution in [0.5, 0.6) is 0 Å². The highest BCUT2D eigenvalue weighted by Gasteiger charge is 2.31. The molecule has 1 amide bonds. The van der Waals surface area contributed by atoms with Crippen molar-refractivity contribution in [1.82, 2.24) is 15.0 Å². The number of likely N-dealkylation sites (N-methyl/N-ethyl adjacent to an activating group) is 1. The second-order valence-corrected chi connectivity index (χ2v) is 7.19. The number of likely N-dealkylation sites (tertiary alicyclic amines) is 1. The van der Waals surface area contributed by atoms with Crippen LogP contribution < -0.4 is 5.32 Å². The molecule has 1 atom stereocenters. The summed E-state index contributed by atoms with van der Waals surface area (Å²) in [6.45, 7) is 8.29. The van der Waals surface area contributed by atoms with E-state index in [1.807, 2.05) is 11.8 Å². The Hall–Kier alpha value is -1.93. The lowest BCUT2D eigenvalue weighted by molar-refractivity contribution is -0.139. The Labute approximate surface area is 160 Å². The van der Waals surface area contributed by atoms with Crippen molar-refractivity contribution in [3.63, 3.8) is 0 Å². The topological polar surface area (TPSA) is 98.9 Å². The summed E-state index contributed by atoms with van der Waals surface area (Å²) in [5.41, 5.74) is 0. The molecule has 1 saturated heterocycles. The first-order valence-corrected chi connectivity index (χ1v) is 9.88. The first kappa shape index (κ1) is 21.4. The number of carbonyl (C=O) groups is 2. The van der Waals surface area contributed by atoms with E-state index in [-0.39, 0.29) is 24.5 Å². The van der Waals surface area contributed by atoms with Gasteiger partial charge < -0.3 is 14.9 Å². The zero-order valence-corrected chi connectivity index (χ0v) is 16.6. The third-order valence-electron chi connectivity index (χ3n) is 5.21. The highest BCUT2D eigenvalue weighted by molar-refractivity contribution is 5.94. The molecule has 27 heavy (non-hydrogen) atoms. The first-order valence-electron chi connectivity index (χ1n) is 9.88. The van der Waals surface area contributed by atoms with Crippen molar-refractivity contribution in [1.29, 1.82) is 0 Å². The predicted octanol–water partition coefficient (Wildman–Crippen LogP) is 2.35. The summed E-state index contributed by atoms with van der Waals surface area (Å²) in [7, 11) is 0. The summed E-state index contributed by atoms with van der Waals surface area (Å²) in [5.74, 6) is 0.275. The lowest BCUT2D eigenvalue weighted by Crippen LogP contribution is -2.52. The van der Waals surface area contributed by atoms with Crippen molar-refractivity contribution in [2.24, 2.45) is 0 Å². The van der Waals surface area contributed by atoms with E-state index < -0.39 is 5.97 Å². The summed E-state index contributed by atoms with van der Waals surface area (Å²) in [4.78, 5) is 28.1. The largest absolute Gasteiger partial charge is 0.480 e. The van der Waals surface area contributed by atoms with Crippen LogP contribution in [-0.4, -0.2) is 70.2 Å². The molecule has 0 aromatic carbocycles. The van der Waals surface area contributed by atoms with Gasteiger partial charge in [0.2, 0.25) is 5.91 Å². The van der Waals surface area contributed by atoms with Gasteiger partial charge in [0.1, 0.15) is 5.76 Å². The number of nitrogens with zero attached hydrogens (tertiary/aromatic N) is 3. The number of piperidine rings is 1. The Morgan fingerprint density at radius 2 is 2.11 bits per heavy atom. The molecule has 0 radical (unpaired) electrons. The quantitative estimate of drug-likeness (QED) is 0.643. The monoisotopic (exact) mass is 380 g/mol. The van der Waals surface area contributed by atoms with Crippen molar-refractivity contribution in [2.45, 2.75) is 65.0 Å². The molecule has 1 aromatic rings. The Morgan fingerprint density at radius 3 is 2.63 bits per heavy atom. The molecule has 0 bridgehead atoms. The zero-order chi connectivity index (χ0) is 19.8. The second kappa shape index (κ2) is 10.4. The molecule has 1 aliphatic heterocycles. The van der Waals surface area contributed by atoms with Gasteiger partial charge in [-0.15, -0.1) is 0 Å².